The molecule has 6 heteroatoms. The van der Waals surface area contributed by atoms with Crippen molar-refractivity contribution in [2.75, 3.05) is 5.32 Å². The number of nitro benzene ring substituents is 1. The number of halogens is 2. The van der Waals surface area contributed by atoms with E-state index < -0.39 is 4.92 Å². The average Bonchev–Trinajstić information content (AvgIpc) is 2.42. The molecule has 2 rings (SSSR count). The van der Waals surface area contributed by atoms with Crippen molar-refractivity contribution in [3.63, 3.8) is 0 Å². The van der Waals surface area contributed by atoms with Gasteiger partial charge >= 0.3 is 0 Å². The van der Waals surface area contributed by atoms with E-state index in [1.54, 1.807) is 6.07 Å². The van der Waals surface area contributed by atoms with E-state index in [1.165, 1.54) is 12.5 Å². The minimum absolute atomic E-state index is 0.0157. The molecule has 2 atom stereocenters. The molecule has 0 saturated heterocycles. The first-order chi connectivity index (χ1) is 9.51. The zero-order valence-corrected chi connectivity index (χ0v) is 12.9. The number of nitrogens with one attached hydrogen (secondary N) is 1. The van der Waals surface area contributed by atoms with Crippen molar-refractivity contribution in [3.8, 4) is 0 Å². The summed E-state index contributed by atoms with van der Waals surface area (Å²) in [5.74, 6) is 0.697. The molecule has 0 amide bonds. The summed E-state index contributed by atoms with van der Waals surface area (Å²) in [7, 11) is 0. The quantitative estimate of drug-likeness (QED) is 0.607. The standard InChI is InChI=1S/C14H18Cl2N2O2/c1-2-9-4-3-5-10(6-9)17-13-7-11(15)12(16)8-14(13)18(19)20/h7-10,17H,2-6H2,1H3. The third-order valence-corrected chi connectivity index (χ3v) is 4.68. The summed E-state index contributed by atoms with van der Waals surface area (Å²) in [5, 5.41) is 14.9. The largest absolute Gasteiger partial charge is 0.377 e. The van der Waals surface area contributed by atoms with Crippen LogP contribution in [-0.4, -0.2) is 11.0 Å². The van der Waals surface area contributed by atoms with E-state index >= 15 is 0 Å². The van der Waals surface area contributed by atoms with Gasteiger partial charge in [-0.05, 0) is 24.8 Å². The maximum Gasteiger partial charge on any atom is 0.293 e. The SMILES string of the molecule is CCC1CCCC(Nc2cc(Cl)c(Cl)cc2[N+](=O)[O-])C1. The molecule has 0 radical (unpaired) electrons. The van der Waals surface area contributed by atoms with E-state index in [1.807, 2.05) is 0 Å². The summed E-state index contributed by atoms with van der Waals surface area (Å²) in [4.78, 5) is 10.7. The average molecular weight is 317 g/mol. The molecule has 110 valence electrons. The lowest BCUT2D eigenvalue weighted by Gasteiger charge is -2.29. The minimum Gasteiger partial charge on any atom is -0.377 e. The first-order valence-electron chi connectivity index (χ1n) is 6.91. The molecule has 0 aliphatic heterocycles. The third kappa shape index (κ3) is 3.55. The van der Waals surface area contributed by atoms with Crippen molar-refractivity contribution in [2.24, 2.45) is 5.92 Å². The first kappa shape index (κ1) is 15.4. The van der Waals surface area contributed by atoms with Gasteiger partial charge in [-0.1, -0.05) is 49.4 Å². The first-order valence-corrected chi connectivity index (χ1v) is 7.66. The van der Waals surface area contributed by atoms with Crippen LogP contribution >= 0.6 is 23.2 Å². The van der Waals surface area contributed by atoms with Crippen LogP contribution in [0.3, 0.4) is 0 Å². The predicted octanol–water partition coefficient (Wildman–Crippen LogP) is 5.28. The number of nitrogens with zero attached hydrogens (tertiary/aromatic N) is 1. The highest BCUT2D eigenvalue weighted by molar-refractivity contribution is 6.42. The lowest BCUT2D eigenvalue weighted by molar-refractivity contribution is -0.384. The minimum atomic E-state index is -0.426. The second-order valence-corrected chi connectivity index (χ2v) is 6.14. The number of benzene rings is 1. The summed E-state index contributed by atoms with van der Waals surface area (Å²) in [6, 6.07) is 3.13. The molecule has 1 aliphatic rings. The molecule has 0 heterocycles. The Morgan fingerprint density at radius 1 is 1.35 bits per heavy atom. The van der Waals surface area contributed by atoms with E-state index in [9.17, 15) is 10.1 Å². The van der Waals surface area contributed by atoms with Gasteiger partial charge < -0.3 is 5.32 Å². The van der Waals surface area contributed by atoms with E-state index in [2.05, 4.69) is 12.2 Å². The van der Waals surface area contributed by atoms with Gasteiger partial charge in [0.25, 0.3) is 5.69 Å². The van der Waals surface area contributed by atoms with Crippen molar-refractivity contribution in [1.29, 1.82) is 0 Å². The molecule has 1 aliphatic carbocycles. The lowest BCUT2D eigenvalue weighted by atomic mass is 9.84. The van der Waals surface area contributed by atoms with Crippen LogP contribution in [0.15, 0.2) is 12.1 Å². The van der Waals surface area contributed by atoms with Gasteiger partial charge in [0.05, 0.1) is 15.0 Å². The van der Waals surface area contributed by atoms with Crippen LogP contribution in [0, 0.1) is 16.0 Å². The van der Waals surface area contributed by atoms with Gasteiger partial charge in [-0.25, -0.2) is 0 Å². The Bertz CT molecular complexity index is 508. The fourth-order valence-electron chi connectivity index (χ4n) is 2.82. The van der Waals surface area contributed by atoms with Crippen LogP contribution < -0.4 is 5.32 Å². The van der Waals surface area contributed by atoms with Crippen LogP contribution in [-0.2, 0) is 0 Å². The molecule has 0 bridgehead atoms. The fraction of sp³-hybridized carbons (Fsp3) is 0.571. The normalized spacial score (nSPS) is 22.6. The summed E-state index contributed by atoms with van der Waals surface area (Å²) in [6.45, 7) is 2.19. The van der Waals surface area contributed by atoms with Gasteiger partial charge in [-0.2, -0.15) is 0 Å². The summed E-state index contributed by atoms with van der Waals surface area (Å²) < 4.78 is 0. The Balaban J connectivity index is 2.19. The molecule has 1 aromatic rings. The topological polar surface area (TPSA) is 55.2 Å². The molecular formula is C14H18Cl2N2O2. The second-order valence-electron chi connectivity index (χ2n) is 5.32. The molecule has 20 heavy (non-hydrogen) atoms. The number of rotatable bonds is 4. The highest BCUT2D eigenvalue weighted by Gasteiger charge is 2.24. The van der Waals surface area contributed by atoms with E-state index in [-0.39, 0.29) is 16.8 Å². The highest BCUT2D eigenvalue weighted by atomic mass is 35.5. The lowest BCUT2D eigenvalue weighted by Crippen LogP contribution is -2.27. The summed E-state index contributed by atoms with van der Waals surface area (Å²) in [5.41, 5.74) is 0.448. The van der Waals surface area contributed by atoms with Gasteiger partial charge in [0.15, 0.2) is 0 Å². The number of hydrogen-bond acceptors (Lipinski definition) is 3. The van der Waals surface area contributed by atoms with E-state index in [4.69, 9.17) is 23.2 Å². The zero-order chi connectivity index (χ0) is 14.7. The molecule has 1 fully saturated rings. The van der Waals surface area contributed by atoms with Crippen molar-refractivity contribution < 1.29 is 4.92 Å². The Morgan fingerprint density at radius 2 is 2.05 bits per heavy atom. The molecule has 0 aromatic heterocycles. The van der Waals surface area contributed by atoms with Crippen LogP contribution in [0.25, 0.3) is 0 Å². The zero-order valence-electron chi connectivity index (χ0n) is 11.4. The molecule has 1 saturated carbocycles. The van der Waals surface area contributed by atoms with E-state index in [0.29, 0.717) is 16.6 Å². The smallest absolute Gasteiger partial charge is 0.293 e. The number of nitro groups is 1. The van der Waals surface area contributed by atoms with Gasteiger partial charge in [-0.15, -0.1) is 0 Å². The third-order valence-electron chi connectivity index (χ3n) is 3.96. The van der Waals surface area contributed by atoms with Gasteiger partial charge in [0, 0.05) is 12.1 Å². The second kappa shape index (κ2) is 6.64. The van der Waals surface area contributed by atoms with Crippen molar-refractivity contribution in [3.05, 3.63) is 32.3 Å². The highest BCUT2D eigenvalue weighted by Crippen LogP contribution is 2.36. The van der Waals surface area contributed by atoms with Gasteiger partial charge in [-0.3, -0.25) is 10.1 Å². The van der Waals surface area contributed by atoms with Crippen LogP contribution in [0.2, 0.25) is 10.0 Å². The summed E-state index contributed by atoms with van der Waals surface area (Å²) in [6.07, 6.45) is 5.65. The fourth-order valence-corrected chi connectivity index (χ4v) is 3.14. The molecule has 0 spiro atoms. The van der Waals surface area contributed by atoms with Crippen molar-refractivity contribution >= 4 is 34.6 Å². The molecule has 1 aromatic carbocycles. The predicted molar refractivity (Wildman–Crippen MR) is 82.8 cm³/mol. The Kier molecular flexibility index (Phi) is 5.11. The van der Waals surface area contributed by atoms with Crippen molar-refractivity contribution in [1.82, 2.24) is 0 Å². The monoisotopic (exact) mass is 316 g/mol. The van der Waals surface area contributed by atoms with Crippen LogP contribution in [0.4, 0.5) is 11.4 Å². The molecule has 4 nitrogen and oxygen atoms in total. The van der Waals surface area contributed by atoms with Gasteiger partial charge in [0.1, 0.15) is 5.69 Å². The number of anilines is 1. The van der Waals surface area contributed by atoms with Crippen LogP contribution in [0.1, 0.15) is 39.0 Å². The van der Waals surface area contributed by atoms with Gasteiger partial charge in [0.2, 0.25) is 0 Å². The number of hydrogen-bond donors (Lipinski definition) is 1. The Hall–Kier alpha value is -1.00. The molecular weight excluding hydrogens is 299 g/mol. The summed E-state index contributed by atoms with van der Waals surface area (Å²) >= 11 is 11.8. The Labute approximate surface area is 128 Å². The van der Waals surface area contributed by atoms with Crippen molar-refractivity contribution in [2.45, 2.75) is 45.1 Å². The molecule has 1 N–H and O–H groups in total. The maximum absolute atomic E-state index is 11.1. The van der Waals surface area contributed by atoms with Crippen LogP contribution in [0.5, 0.6) is 0 Å². The molecule has 2 unspecified atom stereocenters. The Morgan fingerprint density at radius 3 is 2.70 bits per heavy atom. The maximum atomic E-state index is 11.1. The van der Waals surface area contributed by atoms with E-state index in [0.717, 1.165) is 25.7 Å².